The van der Waals surface area contributed by atoms with E-state index in [2.05, 4.69) is 15.6 Å². The highest BCUT2D eigenvalue weighted by atomic mass is 16.2. The number of aryl methyl sites for hydroxylation is 2. The van der Waals surface area contributed by atoms with E-state index in [0.717, 1.165) is 11.3 Å². The van der Waals surface area contributed by atoms with Crippen LogP contribution in [0.15, 0.2) is 10.9 Å². The summed E-state index contributed by atoms with van der Waals surface area (Å²) >= 11 is 0. The molecule has 1 aromatic rings. The minimum atomic E-state index is -0.297. The molecule has 0 saturated carbocycles. The van der Waals surface area contributed by atoms with Gasteiger partial charge in [-0.25, -0.2) is 4.79 Å². The summed E-state index contributed by atoms with van der Waals surface area (Å²) in [6.45, 7) is 3.91. The van der Waals surface area contributed by atoms with Crippen LogP contribution in [0.25, 0.3) is 0 Å². The Balaban J connectivity index is 2.86. The van der Waals surface area contributed by atoms with Gasteiger partial charge >= 0.3 is 6.03 Å². The highest BCUT2D eigenvalue weighted by Crippen LogP contribution is 2.02. The molecule has 1 heterocycles. The molecule has 15 heavy (non-hydrogen) atoms. The number of aromatic nitrogens is 1. The number of rotatable bonds is 2. The number of pyridine rings is 1. The van der Waals surface area contributed by atoms with Crippen LogP contribution >= 0.6 is 0 Å². The van der Waals surface area contributed by atoms with Gasteiger partial charge in [0.15, 0.2) is 0 Å². The molecular formula is C10H15N3O2. The first kappa shape index (κ1) is 11.3. The summed E-state index contributed by atoms with van der Waals surface area (Å²) in [5.41, 5.74) is 2.14. The average molecular weight is 209 g/mol. The molecule has 0 saturated heterocycles. The van der Waals surface area contributed by atoms with E-state index in [4.69, 9.17) is 0 Å². The van der Waals surface area contributed by atoms with Crippen molar-refractivity contribution >= 4 is 6.03 Å². The maximum atomic E-state index is 11.5. The molecule has 0 aromatic carbocycles. The van der Waals surface area contributed by atoms with Crippen LogP contribution in [-0.4, -0.2) is 18.1 Å². The first-order chi connectivity index (χ1) is 7.04. The van der Waals surface area contributed by atoms with Crippen LogP contribution in [0.1, 0.15) is 16.8 Å². The number of carbonyl (C=O) groups is 1. The van der Waals surface area contributed by atoms with E-state index in [1.807, 2.05) is 19.9 Å². The first-order valence-corrected chi connectivity index (χ1v) is 4.69. The van der Waals surface area contributed by atoms with Crippen molar-refractivity contribution in [1.29, 1.82) is 0 Å². The Labute approximate surface area is 87.9 Å². The van der Waals surface area contributed by atoms with Gasteiger partial charge in [-0.3, -0.25) is 4.79 Å². The van der Waals surface area contributed by atoms with Gasteiger partial charge in [0.1, 0.15) is 0 Å². The van der Waals surface area contributed by atoms with E-state index >= 15 is 0 Å². The number of nitrogens with one attached hydrogen (secondary N) is 3. The largest absolute Gasteiger partial charge is 0.341 e. The Hall–Kier alpha value is -1.78. The van der Waals surface area contributed by atoms with E-state index in [-0.39, 0.29) is 18.1 Å². The molecule has 0 bridgehead atoms. The molecule has 3 N–H and O–H groups in total. The second-order valence-corrected chi connectivity index (χ2v) is 3.38. The smallest absolute Gasteiger partial charge is 0.314 e. The number of amides is 2. The molecule has 0 atom stereocenters. The minimum Gasteiger partial charge on any atom is -0.341 e. The summed E-state index contributed by atoms with van der Waals surface area (Å²) < 4.78 is 0. The van der Waals surface area contributed by atoms with Crippen molar-refractivity contribution in [1.82, 2.24) is 15.6 Å². The van der Waals surface area contributed by atoms with E-state index in [0.29, 0.717) is 5.56 Å². The summed E-state index contributed by atoms with van der Waals surface area (Å²) in [6.07, 6.45) is 0. The normalized spacial score (nSPS) is 9.80. The molecule has 2 amide bonds. The first-order valence-electron chi connectivity index (χ1n) is 4.69. The molecule has 1 aromatic heterocycles. The van der Waals surface area contributed by atoms with Gasteiger partial charge in [-0.2, -0.15) is 0 Å². The van der Waals surface area contributed by atoms with E-state index < -0.39 is 0 Å². The van der Waals surface area contributed by atoms with Gasteiger partial charge in [0.2, 0.25) is 0 Å². The summed E-state index contributed by atoms with van der Waals surface area (Å²) in [4.78, 5) is 25.2. The third-order valence-electron chi connectivity index (χ3n) is 2.15. The Morgan fingerprint density at radius 2 is 2.13 bits per heavy atom. The SMILES string of the molecule is CNC(=O)NCc1c(C)cc(C)[nH]c1=O. The quantitative estimate of drug-likeness (QED) is 0.660. The molecular weight excluding hydrogens is 194 g/mol. The summed E-state index contributed by atoms with van der Waals surface area (Å²) in [6, 6.07) is 1.58. The molecule has 0 spiro atoms. The predicted molar refractivity (Wildman–Crippen MR) is 57.8 cm³/mol. The average Bonchev–Trinajstić information content (AvgIpc) is 2.15. The lowest BCUT2D eigenvalue weighted by atomic mass is 10.1. The maximum absolute atomic E-state index is 11.5. The van der Waals surface area contributed by atoms with Crippen LogP contribution < -0.4 is 16.2 Å². The van der Waals surface area contributed by atoms with Crippen LogP contribution in [0.3, 0.4) is 0 Å². The lowest BCUT2D eigenvalue weighted by molar-refractivity contribution is 0.242. The third-order valence-corrected chi connectivity index (χ3v) is 2.15. The zero-order valence-electron chi connectivity index (χ0n) is 9.10. The molecule has 82 valence electrons. The van der Waals surface area contributed by atoms with Crippen LogP contribution in [0.2, 0.25) is 0 Å². The summed E-state index contributed by atoms with van der Waals surface area (Å²) in [7, 11) is 1.53. The van der Waals surface area contributed by atoms with Crippen molar-refractivity contribution in [2.45, 2.75) is 20.4 Å². The topological polar surface area (TPSA) is 74.0 Å². The second kappa shape index (κ2) is 4.63. The lowest BCUT2D eigenvalue weighted by Gasteiger charge is -2.07. The van der Waals surface area contributed by atoms with Crippen molar-refractivity contribution in [3.63, 3.8) is 0 Å². The Morgan fingerprint density at radius 3 is 2.67 bits per heavy atom. The van der Waals surface area contributed by atoms with E-state index in [1.165, 1.54) is 7.05 Å². The van der Waals surface area contributed by atoms with Crippen LogP contribution in [0.5, 0.6) is 0 Å². The number of hydrogen-bond donors (Lipinski definition) is 3. The molecule has 1 rings (SSSR count). The maximum Gasteiger partial charge on any atom is 0.314 e. The second-order valence-electron chi connectivity index (χ2n) is 3.38. The monoisotopic (exact) mass is 209 g/mol. The fraction of sp³-hybridized carbons (Fsp3) is 0.400. The predicted octanol–water partition coefficient (Wildman–Crippen LogP) is 0.421. The standard InChI is InChI=1S/C10H15N3O2/c1-6-4-7(2)13-9(14)8(6)5-12-10(15)11-3/h4H,5H2,1-3H3,(H,13,14)(H2,11,12,15). The van der Waals surface area contributed by atoms with Crippen molar-refractivity contribution in [2.75, 3.05) is 7.05 Å². The fourth-order valence-corrected chi connectivity index (χ4v) is 1.36. The zero-order valence-corrected chi connectivity index (χ0v) is 9.10. The molecule has 5 heteroatoms. The van der Waals surface area contributed by atoms with Crippen molar-refractivity contribution < 1.29 is 4.79 Å². The van der Waals surface area contributed by atoms with Crippen molar-refractivity contribution in [2.24, 2.45) is 0 Å². The Morgan fingerprint density at radius 1 is 1.47 bits per heavy atom. The van der Waals surface area contributed by atoms with Gasteiger partial charge in [-0.1, -0.05) is 0 Å². The molecule has 0 unspecified atom stereocenters. The van der Waals surface area contributed by atoms with Crippen molar-refractivity contribution in [3.05, 3.63) is 33.2 Å². The van der Waals surface area contributed by atoms with Crippen LogP contribution in [0, 0.1) is 13.8 Å². The van der Waals surface area contributed by atoms with E-state index in [1.54, 1.807) is 0 Å². The molecule has 0 radical (unpaired) electrons. The molecule has 5 nitrogen and oxygen atoms in total. The van der Waals surface area contributed by atoms with E-state index in [9.17, 15) is 9.59 Å². The third kappa shape index (κ3) is 2.83. The summed E-state index contributed by atoms with van der Waals surface area (Å²) in [5, 5.41) is 5.00. The molecule has 0 aliphatic heterocycles. The number of urea groups is 1. The van der Waals surface area contributed by atoms with Crippen LogP contribution in [0.4, 0.5) is 4.79 Å². The van der Waals surface area contributed by atoms with Crippen molar-refractivity contribution in [3.8, 4) is 0 Å². The Kier molecular flexibility index (Phi) is 3.49. The van der Waals surface area contributed by atoms with Gasteiger partial charge in [-0.15, -0.1) is 0 Å². The number of carbonyl (C=O) groups excluding carboxylic acids is 1. The Bertz CT molecular complexity index is 423. The fourth-order valence-electron chi connectivity index (χ4n) is 1.36. The van der Waals surface area contributed by atoms with Crippen LogP contribution in [-0.2, 0) is 6.54 Å². The lowest BCUT2D eigenvalue weighted by Crippen LogP contribution is -2.34. The highest BCUT2D eigenvalue weighted by molar-refractivity contribution is 5.73. The van der Waals surface area contributed by atoms with Gasteiger partial charge < -0.3 is 15.6 Å². The summed E-state index contributed by atoms with van der Waals surface area (Å²) in [5.74, 6) is 0. The molecule has 0 aliphatic rings. The number of H-pyrrole nitrogens is 1. The van der Waals surface area contributed by atoms with Gasteiger partial charge in [0, 0.05) is 18.3 Å². The number of aromatic amines is 1. The van der Waals surface area contributed by atoms with Gasteiger partial charge in [-0.05, 0) is 25.5 Å². The van der Waals surface area contributed by atoms with Gasteiger partial charge in [0.25, 0.3) is 5.56 Å². The molecule has 0 aliphatic carbocycles. The highest BCUT2D eigenvalue weighted by Gasteiger charge is 2.05. The number of hydrogen-bond acceptors (Lipinski definition) is 2. The minimum absolute atomic E-state index is 0.149. The zero-order chi connectivity index (χ0) is 11.4. The molecule has 0 fully saturated rings. The van der Waals surface area contributed by atoms with Gasteiger partial charge in [0.05, 0.1) is 6.54 Å².